The minimum atomic E-state index is -0.653. The van der Waals surface area contributed by atoms with Crippen molar-refractivity contribution in [2.24, 2.45) is 0 Å². The zero-order valence-electron chi connectivity index (χ0n) is 7.15. The molecule has 5 nitrogen and oxygen atoms in total. The van der Waals surface area contributed by atoms with E-state index in [0.717, 1.165) is 6.29 Å². The SMILES string of the molecule is CCC=O.O1[SiH2]O[SiH2]O[SiH2]O[SiH2]1. The van der Waals surface area contributed by atoms with Gasteiger partial charge in [-0.05, 0) is 0 Å². The molecule has 1 heterocycles. The van der Waals surface area contributed by atoms with E-state index in [2.05, 4.69) is 0 Å². The highest BCUT2D eigenvalue weighted by Gasteiger charge is 1.97. The summed E-state index contributed by atoms with van der Waals surface area (Å²) in [6.45, 7) is 1.81. The third-order valence-electron chi connectivity index (χ3n) is 0.833. The summed E-state index contributed by atoms with van der Waals surface area (Å²) < 4.78 is 20.4. The van der Waals surface area contributed by atoms with Gasteiger partial charge in [0.1, 0.15) is 6.29 Å². The first-order chi connectivity index (χ1) is 5.91. The van der Waals surface area contributed by atoms with Crippen molar-refractivity contribution in [1.82, 2.24) is 0 Å². The molecule has 9 heteroatoms. The van der Waals surface area contributed by atoms with Crippen LogP contribution in [-0.4, -0.2) is 46.3 Å². The Labute approximate surface area is 81.4 Å². The van der Waals surface area contributed by atoms with Gasteiger partial charge in [-0.15, -0.1) is 0 Å². The molecule has 0 amide bonds. The molecule has 0 aliphatic carbocycles. The number of hydrogen-bond acceptors (Lipinski definition) is 5. The van der Waals surface area contributed by atoms with E-state index < -0.39 is 40.0 Å². The second kappa shape index (κ2) is 11.4. The number of hydrogen-bond donors (Lipinski definition) is 0. The first-order valence-electron chi connectivity index (χ1n) is 3.66. The summed E-state index contributed by atoms with van der Waals surface area (Å²) in [5.74, 6) is 0. The van der Waals surface area contributed by atoms with Gasteiger partial charge in [0.15, 0.2) is 0 Å². The maximum atomic E-state index is 9.17. The topological polar surface area (TPSA) is 54.0 Å². The quantitative estimate of drug-likeness (QED) is 0.355. The minimum Gasteiger partial charge on any atom is -0.425 e. The molecule has 0 bridgehead atoms. The van der Waals surface area contributed by atoms with E-state index in [-0.39, 0.29) is 0 Å². The average Bonchev–Trinajstić information content (AvgIpc) is 2.04. The Morgan fingerprint density at radius 1 is 1.00 bits per heavy atom. The summed E-state index contributed by atoms with van der Waals surface area (Å²) in [6.07, 6.45) is 1.51. The van der Waals surface area contributed by atoms with E-state index in [4.69, 9.17) is 16.5 Å². The van der Waals surface area contributed by atoms with Gasteiger partial charge in [0.25, 0.3) is 40.0 Å². The van der Waals surface area contributed by atoms with Crippen molar-refractivity contribution in [2.75, 3.05) is 0 Å². The van der Waals surface area contributed by atoms with Gasteiger partial charge in [0.05, 0.1) is 0 Å². The highest BCUT2D eigenvalue weighted by Crippen LogP contribution is 1.79. The van der Waals surface area contributed by atoms with Crippen LogP contribution in [0.2, 0.25) is 0 Å². The Bertz CT molecular complexity index is 78.7. The molecule has 1 aliphatic rings. The molecule has 12 heavy (non-hydrogen) atoms. The molecule has 0 radical (unpaired) electrons. The van der Waals surface area contributed by atoms with Gasteiger partial charge in [0, 0.05) is 6.42 Å². The van der Waals surface area contributed by atoms with Crippen molar-refractivity contribution in [3.63, 3.8) is 0 Å². The van der Waals surface area contributed by atoms with Crippen molar-refractivity contribution >= 4 is 46.3 Å². The third kappa shape index (κ3) is 10.4. The van der Waals surface area contributed by atoms with Gasteiger partial charge in [0.2, 0.25) is 0 Å². The fraction of sp³-hybridized carbons (Fsp3) is 0.667. The van der Waals surface area contributed by atoms with Crippen molar-refractivity contribution in [3.8, 4) is 0 Å². The largest absolute Gasteiger partial charge is 0.425 e. The van der Waals surface area contributed by atoms with Crippen LogP contribution in [0.4, 0.5) is 0 Å². The normalized spacial score (nSPS) is 26.1. The van der Waals surface area contributed by atoms with Crippen LogP contribution in [0.25, 0.3) is 0 Å². The molecule has 1 aliphatic heterocycles. The van der Waals surface area contributed by atoms with Gasteiger partial charge in [-0.25, -0.2) is 0 Å². The highest BCUT2D eigenvalue weighted by atomic mass is 28.4. The maximum absolute atomic E-state index is 9.17. The van der Waals surface area contributed by atoms with Crippen molar-refractivity contribution in [1.29, 1.82) is 0 Å². The molecule has 0 aromatic carbocycles. The summed E-state index contributed by atoms with van der Waals surface area (Å²) in [4.78, 5) is 9.17. The molecule has 1 rings (SSSR count). The Balaban J connectivity index is 0.000000261. The van der Waals surface area contributed by atoms with E-state index >= 15 is 0 Å². The minimum absolute atomic E-state index is 0.639. The van der Waals surface area contributed by atoms with Crippen LogP contribution in [0.15, 0.2) is 0 Å². The average molecular weight is 242 g/mol. The summed E-state index contributed by atoms with van der Waals surface area (Å²) >= 11 is 0. The monoisotopic (exact) mass is 242 g/mol. The molecule has 0 unspecified atom stereocenters. The fourth-order valence-corrected chi connectivity index (χ4v) is 7.59. The van der Waals surface area contributed by atoms with Crippen LogP contribution in [0, 0.1) is 0 Å². The predicted molar refractivity (Wildman–Crippen MR) is 54.9 cm³/mol. The Kier molecular flexibility index (Phi) is 11.7. The smallest absolute Gasteiger partial charge is 0.286 e. The lowest BCUT2D eigenvalue weighted by Gasteiger charge is -2.10. The lowest BCUT2D eigenvalue weighted by Crippen LogP contribution is -2.23. The highest BCUT2D eigenvalue weighted by molar-refractivity contribution is 6.50. The van der Waals surface area contributed by atoms with Crippen LogP contribution in [0.3, 0.4) is 0 Å². The molecule has 0 atom stereocenters. The molecule has 1 fully saturated rings. The van der Waals surface area contributed by atoms with Crippen LogP contribution in [0.5, 0.6) is 0 Å². The summed E-state index contributed by atoms with van der Waals surface area (Å²) in [5.41, 5.74) is 0. The van der Waals surface area contributed by atoms with Gasteiger partial charge >= 0.3 is 0 Å². The second-order valence-electron chi connectivity index (χ2n) is 1.86. The van der Waals surface area contributed by atoms with E-state index in [1.54, 1.807) is 0 Å². The van der Waals surface area contributed by atoms with Crippen molar-refractivity contribution in [3.05, 3.63) is 0 Å². The molecule has 0 N–H and O–H groups in total. The van der Waals surface area contributed by atoms with Crippen LogP contribution < -0.4 is 0 Å². The first kappa shape index (κ1) is 12.4. The number of rotatable bonds is 1. The predicted octanol–water partition coefficient (Wildman–Crippen LogP) is -3.34. The number of carbonyl (C=O) groups is 1. The van der Waals surface area contributed by atoms with Crippen LogP contribution >= 0.6 is 0 Å². The van der Waals surface area contributed by atoms with E-state index in [1.807, 2.05) is 6.92 Å². The van der Waals surface area contributed by atoms with E-state index in [1.165, 1.54) is 0 Å². The molecule has 72 valence electrons. The Morgan fingerprint density at radius 3 is 1.42 bits per heavy atom. The number of aldehydes is 1. The van der Waals surface area contributed by atoms with Gasteiger partial charge < -0.3 is 21.3 Å². The summed E-state index contributed by atoms with van der Waals surface area (Å²) in [5, 5.41) is 0. The van der Waals surface area contributed by atoms with Crippen molar-refractivity contribution in [2.45, 2.75) is 13.3 Å². The van der Waals surface area contributed by atoms with Gasteiger partial charge in [-0.3, -0.25) is 0 Å². The van der Waals surface area contributed by atoms with Crippen LogP contribution in [-0.2, 0) is 21.3 Å². The lowest BCUT2D eigenvalue weighted by molar-refractivity contribution is -0.107. The summed E-state index contributed by atoms with van der Waals surface area (Å²) in [6, 6.07) is 0. The Morgan fingerprint density at radius 2 is 1.25 bits per heavy atom. The fourth-order valence-electron chi connectivity index (χ4n) is 0.372. The second-order valence-corrected chi connectivity index (χ2v) is 9.34. The molecular formula is C3H14O5Si4. The Hall–Kier alpha value is 0.378. The van der Waals surface area contributed by atoms with Gasteiger partial charge in [-0.2, -0.15) is 0 Å². The molecular weight excluding hydrogens is 228 g/mol. The van der Waals surface area contributed by atoms with Crippen molar-refractivity contribution < 1.29 is 21.3 Å². The molecule has 0 spiro atoms. The molecule has 0 aromatic heterocycles. The first-order valence-corrected chi connectivity index (χ1v) is 8.28. The van der Waals surface area contributed by atoms with Crippen LogP contribution in [0.1, 0.15) is 13.3 Å². The molecule has 1 saturated heterocycles. The third-order valence-corrected chi connectivity index (χ3v) is 6.17. The van der Waals surface area contributed by atoms with E-state index in [0.29, 0.717) is 6.42 Å². The zero-order valence-corrected chi connectivity index (χ0v) is 12.8. The van der Waals surface area contributed by atoms with E-state index in [9.17, 15) is 4.79 Å². The van der Waals surface area contributed by atoms with Gasteiger partial charge in [-0.1, -0.05) is 6.92 Å². The molecule has 0 saturated carbocycles. The lowest BCUT2D eigenvalue weighted by atomic mass is 10.6. The standard InChI is InChI=1S/C3H6O.H8O4Si4/c1-2-3-4;1-5-2-7-4-8-3-6-1/h3H,2H2,1H3;5-8H2. The zero-order chi connectivity index (χ0) is 9.07. The number of carbonyl (C=O) groups excluding carboxylic acids is 1. The molecule has 0 aromatic rings. The maximum Gasteiger partial charge on any atom is 0.286 e. The summed E-state index contributed by atoms with van der Waals surface area (Å²) in [7, 11) is -2.61.